The first-order chi connectivity index (χ1) is 9.40. The maximum atomic E-state index is 4.60. The van der Waals surface area contributed by atoms with Gasteiger partial charge < -0.3 is 5.32 Å². The molecule has 0 spiro atoms. The molecule has 0 atom stereocenters. The molecule has 0 radical (unpaired) electrons. The van der Waals surface area contributed by atoms with Crippen molar-refractivity contribution in [3.8, 4) is 0 Å². The highest BCUT2D eigenvalue weighted by Crippen LogP contribution is 2.18. The Morgan fingerprint density at radius 3 is 2.79 bits per heavy atom. The Hall–Kier alpha value is -1.61. The Labute approximate surface area is 114 Å². The summed E-state index contributed by atoms with van der Waals surface area (Å²) in [7, 11) is 0. The van der Waals surface area contributed by atoms with Crippen molar-refractivity contribution in [1.29, 1.82) is 0 Å². The lowest BCUT2D eigenvalue weighted by Gasteiger charge is -2.02. The summed E-state index contributed by atoms with van der Waals surface area (Å²) in [5.74, 6) is 0. The van der Waals surface area contributed by atoms with Crippen LogP contribution in [0, 0.1) is 0 Å². The molecular weight excluding hydrogens is 234 g/mol. The number of aryl methyl sites for hydroxylation is 2. The van der Waals surface area contributed by atoms with Gasteiger partial charge in [-0.25, -0.2) is 0 Å². The molecule has 1 saturated carbocycles. The third kappa shape index (κ3) is 3.93. The molecule has 3 nitrogen and oxygen atoms in total. The summed E-state index contributed by atoms with van der Waals surface area (Å²) in [6, 6.07) is 13.5. The highest BCUT2D eigenvalue weighted by Gasteiger charge is 2.20. The first-order valence-corrected chi connectivity index (χ1v) is 7.20. The minimum absolute atomic E-state index is 0.753. The van der Waals surface area contributed by atoms with Gasteiger partial charge in [0.2, 0.25) is 0 Å². The highest BCUT2D eigenvalue weighted by atomic mass is 15.3. The highest BCUT2D eigenvalue weighted by molar-refractivity contribution is 5.14. The van der Waals surface area contributed by atoms with Crippen molar-refractivity contribution in [1.82, 2.24) is 15.1 Å². The topological polar surface area (TPSA) is 29.9 Å². The van der Waals surface area contributed by atoms with Crippen molar-refractivity contribution < 1.29 is 0 Å². The number of hydrogen-bond acceptors (Lipinski definition) is 2. The fraction of sp³-hybridized carbons (Fsp3) is 0.438. The van der Waals surface area contributed by atoms with Crippen molar-refractivity contribution in [2.24, 2.45) is 0 Å². The average molecular weight is 255 g/mol. The summed E-state index contributed by atoms with van der Waals surface area (Å²) in [6.45, 7) is 1.91. The zero-order valence-corrected chi connectivity index (χ0v) is 11.3. The van der Waals surface area contributed by atoms with E-state index in [-0.39, 0.29) is 0 Å². The Morgan fingerprint density at radius 1 is 1.16 bits per heavy atom. The van der Waals surface area contributed by atoms with Gasteiger partial charge in [0.05, 0.1) is 5.69 Å². The fourth-order valence-corrected chi connectivity index (χ4v) is 2.25. The maximum Gasteiger partial charge on any atom is 0.0762 e. The van der Waals surface area contributed by atoms with E-state index in [0.717, 1.165) is 37.7 Å². The maximum absolute atomic E-state index is 4.60. The fourth-order valence-electron chi connectivity index (χ4n) is 2.25. The molecule has 1 aromatic heterocycles. The van der Waals surface area contributed by atoms with Gasteiger partial charge in [-0.1, -0.05) is 30.3 Å². The third-order valence-corrected chi connectivity index (χ3v) is 3.54. The Morgan fingerprint density at radius 2 is 2.00 bits per heavy atom. The van der Waals surface area contributed by atoms with Gasteiger partial charge in [-0.05, 0) is 37.3 Å². The number of hydrogen-bond donors (Lipinski definition) is 1. The van der Waals surface area contributed by atoms with Crippen molar-refractivity contribution in [3.05, 3.63) is 53.9 Å². The van der Waals surface area contributed by atoms with E-state index in [2.05, 4.69) is 57.7 Å². The lowest BCUT2D eigenvalue weighted by molar-refractivity contribution is 0.563. The molecule has 0 bridgehead atoms. The molecule has 3 heteroatoms. The van der Waals surface area contributed by atoms with Gasteiger partial charge in [0.25, 0.3) is 0 Å². The van der Waals surface area contributed by atoms with Crippen LogP contribution in [0.3, 0.4) is 0 Å². The molecule has 100 valence electrons. The molecule has 3 rings (SSSR count). The molecule has 0 saturated heterocycles. The normalized spacial score (nSPS) is 14.7. The molecule has 1 aliphatic rings. The zero-order chi connectivity index (χ0) is 12.9. The molecule has 0 amide bonds. The van der Waals surface area contributed by atoms with E-state index in [1.807, 2.05) is 0 Å². The largest absolute Gasteiger partial charge is 0.308 e. The van der Waals surface area contributed by atoms with Crippen LogP contribution >= 0.6 is 0 Å². The van der Waals surface area contributed by atoms with Crippen LogP contribution in [-0.2, 0) is 19.5 Å². The van der Waals surface area contributed by atoms with E-state index in [0.29, 0.717) is 0 Å². The predicted molar refractivity (Wildman–Crippen MR) is 76.9 cm³/mol. The first kappa shape index (κ1) is 12.4. The number of benzene rings is 1. The minimum Gasteiger partial charge on any atom is -0.308 e. The summed E-state index contributed by atoms with van der Waals surface area (Å²) < 4.78 is 2.06. The van der Waals surface area contributed by atoms with E-state index in [4.69, 9.17) is 0 Å². The van der Waals surface area contributed by atoms with Crippen LogP contribution in [0.2, 0.25) is 0 Å². The number of rotatable bonds is 7. The Kier molecular flexibility index (Phi) is 3.94. The van der Waals surface area contributed by atoms with Crippen LogP contribution in [0.15, 0.2) is 42.6 Å². The summed E-state index contributed by atoms with van der Waals surface area (Å²) in [6.07, 6.45) is 7.02. The number of nitrogens with zero attached hydrogens (tertiary/aromatic N) is 2. The van der Waals surface area contributed by atoms with Crippen LogP contribution in [-0.4, -0.2) is 15.8 Å². The van der Waals surface area contributed by atoms with Gasteiger partial charge in [-0.2, -0.15) is 5.10 Å². The standard InChI is InChI=1S/C16H21N3/c1-2-5-14(6-3-1)7-4-11-19-12-10-16(18-19)13-17-15-8-9-15/h1-3,5-6,10,12,15,17H,4,7-9,11,13H2. The van der Waals surface area contributed by atoms with Gasteiger partial charge in [0.15, 0.2) is 0 Å². The second-order valence-corrected chi connectivity index (χ2v) is 5.31. The van der Waals surface area contributed by atoms with Crippen LogP contribution in [0.25, 0.3) is 0 Å². The van der Waals surface area contributed by atoms with Gasteiger partial charge in [0, 0.05) is 25.3 Å². The number of nitrogens with one attached hydrogen (secondary N) is 1. The molecule has 1 N–H and O–H groups in total. The molecular formula is C16H21N3. The summed E-state index contributed by atoms with van der Waals surface area (Å²) in [5, 5.41) is 8.09. The van der Waals surface area contributed by atoms with Crippen molar-refractivity contribution in [3.63, 3.8) is 0 Å². The molecule has 1 aliphatic carbocycles. The predicted octanol–water partition coefficient (Wildman–Crippen LogP) is 2.77. The van der Waals surface area contributed by atoms with Gasteiger partial charge in [-0.3, -0.25) is 4.68 Å². The molecule has 0 unspecified atom stereocenters. The van der Waals surface area contributed by atoms with Gasteiger partial charge in [0.1, 0.15) is 0 Å². The number of aromatic nitrogens is 2. The van der Waals surface area contributed by atoms with E-state index < -0.39 is 0 Å². The van der Waals surface area contributed by atoms with Crippen molar-refractivity contribution in [2.45, 2.75) is 44.8 Å². The second-order valence-electron chi connectivity index (χ2n) is 5.31. The molecule has 1 heterocycles. The smallest absolute Gasteiger partial charge is 0.0762 e. The first-order valence-electron chi connectivity index (χ1n) is 7.20. The average Bonchev–Trinajstić information content (AvgIpc) is 3.17. The molecule has 1 fully saturated rings. The van der Waals surface area contributed by atoms with E-state index in [1.54, 1.807) is 0 Å². The van der Waals surface area contributed by atoms with E-state index >= 15 is 0 Å². The molecule has 0 aliphatic heterocycles. The quantitative estimate of drug-likeness (QED) is 0.824. The summed E-state index contributed by atoms with van der Waals surface area (Å²) in [5.41, 5.74) is 2.57. The molecule has 1 aromatic carbocycles. The van der Waals surface area contributed by atoms with Gasteiger partial charge >= 0.3 is 0 Å². The third-order valence-electron chi connectivity index (χ3n) is 3.54. The summed E-state index contributed by atoms with van der Waals surface area (Å²) >= 11 is 0. The molecule has 2 aromatic rings. The minimum atomic E-state index is 0.753. The molecule has 19 heavy (non-hydrogen) atoms. The van der Waals surface area contributed by atoms with Crippen LogP contribution in [0.1, 0.15) is 30.5 Å². The van der Waals surface area contributed by atoms with Crippen LogP contribution < -0.4 is 5.32 Å². The Balaban J connectivity index is 1.42. The monoisotopic (exact) mass is 255 g/mol. The van der Waals surface area contributed by atoms with E-state index in [1.165, 1.54) is 18.4 Å². The Bertz CT molecular complexity index is 500. The summed E-state index contributed by atoms with van der Waals surface area (Å²) in [4.78, 5) is 0. The lowest BCUT2D eigenvalue weighted by atomic mass is 10.1. The van der Waals surface area contributed by atoms with Gasteiger partial charge in [-0.15, -0.1) is 0 Å². The van der Waals surface area contributed by atoms with Crippen LogP contribution in [0.5, 0.6) is 0 Å². The van der Waals surface area contributed by atoms with Crippen LogP contribution in [0.4, 0.5) is 0 Å². The SMILES string of the molecule is c1ccc(CCCn2ccc(CNC3CC3)n2)cc1. The van der Waals surface area contributed by atoms with Crippen molar-refractivity contribution >= 4 is 0 Å². The lowest BCUT2D eigenvalue weighted by Crippen LogP contribution is -2.16. The second kappa shape index (κ2) is 6.02. The van der Waals surface area contributed by atoms with E-state index in [9.17, 15) is 0 Å². The zero-order valence-electron chi connectivity index (χ0n) is 11.3. The van der Waals surface area contributed by atoms with Crippen molar-refractivity contribution in [2.75, 3.05) is 0 Å².